The Labute approximate surface area is 113 Å². The molecule has 0 radical (unpaired) electrons. The molecule has 0 aromatic heterocycles. The van der Waals surface area contributed by atoms with Crippen LogP contribution >= 0.6 is 0 Å². The Morgan fingerprint density at radius 3 is 2.32 bits per heavy atom. The molecule has 1 aliphatic carbocycles. The SMILES string of the molecule is CC(=O)N(CC(=O)Nc1c(C)cccc1C)C1CC1. The number of hydrogen-bond acceptors (Lipinski definition) is 2. The van der Waals surface area contributed by atoms with E-state index in [4.69, 9.17) is 0 Å². The van der Waals surface area contributed by atoms with Gasteiger partial charge in [-0.25, -0.2) is 0 Å². The maximum absolute atomic E-state index is 12.1. The second kappa shape index (κ2) is 5.43. The van der Waals surface area contributed by atoms with E-state index >= 15 is 0 Å². The highest BCUT2D eigenvalue weighted by atomic mass is 16.2. The lowest BCUT2D eigenvalue weighted by Crippen LogP contribution is -2.38. The Balaban J connectivity index is 2.02. The summed E-state index contributed by atoms with van der Waals surface area (Å²) < 4.78 is 0. The topological polar surface area (TPSA) is 49.4 Å². The average Bonchev–Trinajstić information content (AvgIpc) is 3.15. The molecule has 0 spiro atoms. The van der Waals surface area contributed by atoms with Gasteiger partial charge in [0.25, 0.3) is 0 Å². The van der Waals surface area contributed by atoms with Crippen LogP contribution in [0, 0.1) is 13.8 Å². The first-order valence-corrected chi connectivity index (χ1v) is 6.62. The molecule has 1 fully saturated rings. The van der Waals surface area contributed by atoms with Crippen LogP contribution in [0.1, 0.15) is 30.9 Å². The zero-order chi connectivity index (χ0) is 14.0. The summed E-state index contributed by atoms with van der Waals surface area (Å²) >= 11 is 0. The van der Waals surface area contributed by atoms with Crippen LogP contribution in [0.2, 0.25) is 0 Å². The van der Waals surface area contributed by atoms with Gasteiger partial charge in [0, 0.05) is 18.7 Å². The third-order valence-corrected chi connectivity index (χ3v) is 3.45. The van der Waals surface area contributed by atoms with Gasteiger partial charge in [0.2, 0.25) is 11.8 Å². The molecule has 0 bridgehead atoms. The van der Waals surface area contributed by atoms with Crippen molar-refractivity contribution < 1.29 is 9.59 Å². The molecule has 2 rings (SSSR count). The van der Waals surface area contributed by atoms with Crippen LogP contribution in [0.15, 0.2) is 18.2 Å². The number of hydrogen-bond donors (Lipinski definition) is 1. The number of aryl methyl sites for hydroxylation is 2. The third kappa shape index (κ3) is 3.34. The molecule has 0 aliphatic heterocycles. The zero-order valence-corrected chi connectivity index (χ0v) is 11.7. The van der Waals surface area contributed by atoms with E-state index in [0.717, 1.165) is 29.7 Å². The lowest BCUT2D eigenvalue weighted by Gasteiger charge is -2.20. The molecule has 1 saturated carbocycles. The Morgan fingerprint density at radius 1 is 1.26 bits per heavy atom. The first kappa shape index (κ1) is 13.6. The molecule has 0 heterocycles. The Morgan fingerprint density at radius 2 is 1.84 bits per heavy atom. The monoisotopic (exact) mass is 260 g/mol. The van der Waals surface area contributed by atoms with E-state index in [1.807, 2.05) is 32.0 Å². The minimum absolute atomic E-state index is 0.0286. The summed E-state index contributed by atoms with van der Waals surface area (Å²) in [5.74, 6) is -0.154. The van der Waals surface area contributed by atoms with Crippen molar-refractivity contribution in [2.24, 2.45) is 0 Å². The van der Waals surface area contributed by atoms with Gasteiger partial charge >= 0.3 is 0 Å². The predicted molar refractivity (Wildman–Crippen MR) is 75.0 cm³/mol. The average molecular weight is 260 g/mol. The fraction of sp³-hybridized carbons (Fsp3) is 0.467. The fourth-order valence-corrected chi connectivity index (χ4v) is 2.23. The maximum atomic E-state index is 12.1. The van der Waals surface area contributed by atoms with Crippen molar-refractivity contribution in [1.82, 2.24) is 4.90 Å². The number of rotatable bonds is 4. The van der Waals surface area contributed by atoms with Crippen molar-refractivity contribution in [3.8, 4) is 0 Å². The first-order chi connectivity index (χ1) is 8.99. The molecule has 1 aromatic carbocycles. The van der Waals surface area contributed by atoms with Gasteiger partial charge in [0.15, 0.2) is 0 Å². The first-order valence-electron chi connectivity index (χ1n) is 6.62. The number of nitrogens with one attached hydrogen (secondary N) is 1. The predicted octanol–water partition coefficient (Wildman–Crippen LogP) is 2.25. The molecule has 2 amide bonds. The summed E-state index contributed by atoms with van der Waals surface area (Å²) in [5.41, 5.74) is 2.93. The van der Waals surface area contributed by atoms with Crippen molar-refractivity contribution in [2.75, 3.05) is 11.9 Å². The van der Waals surface area contributed by atoms with Crippen molar-refractivity contribution in [2.45, 2.75) is 39.7 Å². The molecule has 19 heavy (non-hydrogen) atoms. The number of benzene rings is 1. The van der Waals surface area contributed by atoms with Gasteiger partial charge in [-0.15, -0.1) is 0 Å². The van der Waals surface area contributed by atoms with Crippen LogP contribution in [-0.2, 0) is 9.59 Å². The van der Waals surface area contributed by atoms with Crippen molar-refractivity contribution >= 4 is 17.5 Å². The van der Waals surface area contributed by atoms with E-state index in [0.29, 0.717) is 0 Å². The molecule has 1 aliphatic rings. The van der Waals surface area contributed by atoms with E-state index in [2.05, 4.69) is 5.32 Å². The highest BCUT2D eigenvalue weighted by Gasteiger charge is 2.32. The molecule has 1 aromatic rings. The van der Waals surface area contributed by atoms with Gasteiger partial charge in [0.05, 0.1) is 0 Å². The van der Waals surface area contributed by atoms with Gasteiger partial charge in [-0.05, 0) is 37.8 Å². The van der Waals surface area contributed by atoms with Gasteiger partial charge in [-0.2, -0.15) is 0 Å². The zero-order valence-electron chi connectivity index (χ0n) is 11.7. The van der Waals surface area contributed by atoms with Gasteiger partial charge in [-0.1, -0.05) is 18.2 Å². The second-order valence-corrected chi connectivity index (χ2v) is 5.19. The van der Waals surface area contributed by atoms with Crippen molar-refractivity contribution in [3.05, 3.63) is 29.3 Å². The highest BCUT2D eigenvalue weighted by Crippen LogP contribution is 2.27. The van der Waals surface area contributed by atoms with Crippen LogP contribution in [-0.4, -0.2) is 29.3 Å². The Kier molecular flexibility index (Phi) is 3.88. The van der Waals surface area contributed by atoms with E-state index in [1.165, 1.54) is 6.92 Å². The van der Waals surface area contributed by atoms with Crippen molar-refractivity contribution in [1.29, 1.82) is 0 Å². The van der Waals surface area contributed by atoms with E-state index < -0.39 is 0 Å². The largest absolute Gasteiger partial charge is 0.331 e. The van der Waals surface area contributed by atoms with E-state index in [9.17, 15) is 9.59 Å². The van der Waals surface area contributed by atoms with Crippen LogP contribution < -0.4 is 5.32 Å². The van der Waals surface area contributed by atoms with Gasteiger partial charge < -0.3 is 10.2 Å². The number of nitrogens with zero attached hydrogens (tertiary/aromatic N) is 1. The number of amides is 2. The number of para-hydroxylation sites is 1. The lowest BCUT2D eigenvalue weighted by molar-refractivity contribution is -0.133. The van der Waals surface area contributed by atoms with E-state index in [-0.39, 0.29) is 24.4 Å². The third-order valence-electron chi connectivity index (χ3n) is 3.45. The smallest absolute Gasteiger partial charge is 0.244 e. The normalized spacial score (nSPS) is 14.1. The quantitative estimate of drug-likeness (QED) is 0.902. The minimum Gasteiger partial charge on any atom is -0.331 e. The van der Waals surface area contributed by atoms with Crippen molar-refractivity contribution in [3.63, 3.8) is 0 Å². The summed E-state index contributed by atoms with van der Waals surface area (Å²) in [6, 6.07) is 6.16. The molecule has 0 saturated heterocycles. The standard InChI is InChI=1S/C15H20N2O2/c1-10-5-4-6-11(2)15(10)16-14(19)9-17(12(3)18)13-7-8-13/h4-6,13H,7-9H2,1-3H3,(H,16,19). The summed E-state index contributed by atoms with van der Waals surface area (Å²) in [6.07, 6.45) is 2.02. The van der Waals surface area contributed by atoms with Crippen LogP contribution in [0.5, 0.6) is 0 Å². The fourth-order valence-electron chi connectivity index (χ4n) is 2.23. The van der Waals surface area contributed by atoms with Crippen LogP contribution in [0.4, 0.5) is 5.69 Å². The second-order valence-electron chi connectivity index (χ2n) is 5.19. The molecule has 1 N–H and O–H groups in total. The number of carbonyl (C=O) groups excluding carboxylic acids is 2. The van der Waals surface area contributed by atoms with Gasteiger partial charge in [-0.3, -0.25) is 9.59 Å². The van der Waals surface area contributed by atoms with Crippen LogP contribution in [0.3, 0.4) is 0 Å². The summed E-state index contributed by atoms with van der Waals surface area (Å²) in [6.45, 7) is 5.59. The summed E-state index contributed by atoms with van der Waals surface area (Å²) in [5, 5.41) is 2.91. The molecule has 0 unspecified atom stereocenters. The Hall–Kier alpha value is -1.84. The van der Waals surface area contributed by atoms with Crippen LogP contribution in [0.25, 0.3) is 0 Å². The minimum atomic E-state index is -0.125. The summed E-state index contributed by atoms with van der Waals surface area (Å²) in [7, 11) is 0. The van der Waals surface area contributed by atoms with Gasteiger partial charge in [0.1, 0.15) is 6.54 Å². The molecule has 102 valence electrons. The summed E-state index contributed by atoms with van der Waals surface area (Å²) in [4.78, 5) is 25.2. The lowest BCUT2D eigenvalue weighted by atomic mass is 10.1. The number of carbonyl (C=O) groups is 2. The van der Waals surface area contributed by atoms with E-state index in [1.54, 1.807) is 4.90 Å². The molecule has 4 heteroatoms. The number of anilines is 1. The maximum Gasteiger partial charge on any atom is 0.244 e. The molecular formula is C15H20N2O2. The Bertz CT molecular complexity index is 487. The molecule has 4 nitrogen and oxygen atoms in total. The molecular weight excluding hydrogens is 240 g/mol. The highest BCUT2D eigenvalue weighted by molar-refractivity contribution is 5.95. The molecule has 0 atom stereocenters.